The minimum Gasteiger partial charge on any atom is -0.296 e. The van der Waals surface area contributed by atoms with Gasteiger partial charge in [0.1, 0.15) is 0 Å². The number of nitrogens with zero attached hydrogens (tertiary/aromatic N) is 1. The van der Waals surface area contributed by atoms with E-state index in [9.17, 15) is 0 Å². The summed E-state index contributed by atoms with van der Waals surface area (Å²) < 4.78 is 0. The molecule has 0 atom stereocenters. The number of rotatable bonds is 2. The lowest BCUT2D eigenvalue weighted by Crippen LogP contribution is -2.23. The standard InChI is InChI=1S/C35H25N.2C2H6/c1-22-14-15-28-31(18-22)25(19-24-9-4-3-8-23(24)16-17-36-2)20-32-30-13-7-12-29-26-10-5-6-11-27(26)34(35(29)30)21-33(28)32;2*1-2/h3-21H,1-2H3;2*1-2H3/b23-16-,24-19+,36-17?;;. The zero-order chi connectivity index (χ0) is 28.2. The largest absolute Gasteiger partial charge is 0.296 e. The zero-order valence-electron chi connectivity index (χ0n) is 24.4. The quantitative estimate of drug-likeness (QED) is 0.159. The molecular weight excluding hydrogens is 482 g/mol. The van der Waals surface area contributed by atoms with Crippen molar-refractivity contribution in [2.45, 2.75) is 34.6 Å². The number of hydrogen-bond acceptors (Lipinski definition) is 1. The van der Waals surface area contributed by atoms with Crippen molar-refractivity contribution in [2.24, 2.45) is 4.99 Å². The molecule has 6 aromatic carbocycles. The molecule has 0 heterocycles. The summed E-state index contributed by atoms with van der Waals surface area (Å²) in [4.78, 5) is 4.16. The first-order valence-electron chi connectivity index (χ1n) is 14.4. The van der Waals surface area contributed by atoms with Crippen molar-refractivity contribution in [2.75, 3.05) is 7.05 Å². The van der Waals surface area contributed by atoms with Crippen LogP contribution in [0, 0.1) is 6.92 Å². The highest BCUT2D eigenvalue weighted by atomic mass is 14.6. The van der Waals surface area contributed by atoms with Crippen molar-refractivity contribution in [3.8, 4) is 22.3 Å². The molecule has 0 unspecified atom stereocenters. The molecule has 0 spiro atoms. The third-order valence-electron chi connectivity index (χ3n) is 7.50. The van der Waals surface area contributed by atoms with E-state index in [1.807, 2.05) is 33.9 Å². The normalized spacial score (nSPS) is 12.4. The SMILES string of the molecule is CC.CC.CN=C/C=c1/cccc/c1=C\c1cc2c3cccc4c3c(cc2c2ccc(C)cc12)-c1ccccc1-4. The average Bonchev–Trinajstić information content (AvgIpc) is 3.34. The minimum absolute atomic E-state index is 1.17. The molecule has 0 N–H and O–H groups in total. The number of aliphatic imine (C=N–C) groups is 1. The molecule has 1 aliphatic rings. The van der Waals surface area contributed by atoms with Crippen LogP contribution >= 0.6 is 0 Å². The van der Waals surface area contributed by atoms with Crippen LogP contribution in [0.5, 0.6) is 0 Å². The van der Waals surface area contributed by atoms with Crippen molar-refractivity contribution in [1.82, 2.24) is 0 Å². The maximum Gasteiger partial charge on any atom is 0.0277 e. The molecule has 1 aliphatic carbocycles. The predicted octanol–water partition coefficient (Wildman–Crippen LogP) is 9.46. The second kappa shape index (κ2) is 11.7. The first kappa shape index (κ1) is 27.1. The predicted molar refractivity (Wildman–Crippen MR) is 179 cm³/mol. The highest BCUT2D eigenvalue weighted by molar-refractivity contribution is 6.27. The van der Waals surface area contributed by atoms with E-state index in [0.717, 1.165) is 0 Å². The Morgan fingerprint density at radius 1 is 0.525 bits per heavy atom. The van der Waals surface area contributed by atoms with E-state index in [4.69, 9.17) is 0 Å². The van der Waals surface area contributed by atoms with Crippen molar-refractivity contribution in [3.05, 3.63) is 119 Å². The van der Waals surface area contributed by atoms with Crippen molar-refractivity contribution < 1.29 is 0 Å². The van der Waals surface area contributed by atoms with Crippen LogP contribution in [-0.2, 0) is 0 Å². The van der Waals surface area contributed by atoms with Crippen LogP contribution in [-0.4, -0.2) is 13.3 Å². The summed E-state index contributed by atoms with van der Waals surface area (Å²) in [6.45, 7) is 10.2. The molecule has 0 bridgehead atoms. The van der Waals surface area contributed by atoms with Crippen LogP contribution in [0.25, 0.3) is 66.7 Å². The summed E-state index contributed by atoms with van der Waals surface area (Å²) in [7, 11) is 1.81. The summed E-state index contributed by atoms with van der Waals surface area (Å²) >= 11 is 0. The van der Waals surface area contributed by atoms with Gasteiger partial charge in [0.2, 0.25) is 0 Å². The highest BCUT2D eigenvalue weighted by Crippen LogP contribution is 2.50. The second-order valence-electron chi connectivity index (χ2n) is 9.65. The van der Waals surface area contributed by atoms with Gasteiger partial charge >= 0.3 is 0 Å². The summed E-state index contributed by atoms with van der Waals surface area (Å²) in [5.41, 5.74) is 7.87. The van der Waals surface area contributed by atoms with E-state index in [1.54, 1.807) is 7.05 Å². The molecule has 198 valence electrons. The van der Waals surface area contributed by atoms with Crippen molar-refractivity contribution >= 4 is 50.7 Å². The lowest BCUT2D eigenvalue weighted by Gasteiger charge is -2.13. The summed E-state index contributed by atoms with van der Waals surface area (Å²) in [5.74, 6) is 0. The van der Waals surface area contributed by atoms with Crippen LogP contribution in [0.3, 0.4) is 0 Å². The lowest BCUT2D eigenvalue weighted by molar-refractivity contribution is 1.47. The minimum atomic E-state index is 1.17. The molecular formula is C39H37N. The van der Waals surface area contributed by atoms with Gasteiger partial charge in [-0.1, -0.05) is 118 Å². The van der Waals surface area contributed by atoms with Crippen molar-refractivity contribution in [1.29, 1.82) is 0 Å². The summed E-state index contributed by atoms with van der Waals surface area (Å²) in [5, 5.41) is 10.3. The van der Waals surface area contributed by atoms with Crippen molar-refractivity contribution in [3.63, 3.8) is 0 Å². The molecule has 0 saturated heterocycles. The van der Waals surface area contributed by atoms with E-state index in [-0.39, 0.29) is 0 Å². The first-order chi connectivity index (χ1) is 19.7. The maximum atomic E-state index is 4.16. The molecule has 1 heteroatoms. The van der Waals surface area contributed by atoms with Gasteiger partial charge in [-0.15, -0.1) is 0 Å². The molecule has 0 saturated carbocycles. The number of fused-ring (bicyclic) bond motifs is 7. The van der Waals surface area contributed by atoms with Gasteiger partial charge in [0.05, 0.1) is 0 Å². The van der Waals surface area contributed by atoms with E-state index in [0.29, 0.717) is 0 Å². The average molecular weight is 520 g/mol. The molecule has 40 heavy (non-hydrogen) atoms. The van der Waals surface area contributed by atoms with Gasteiger partial charge in [-0.2, -0.15) is 0 Å². The molecule has 7 rings (SSSR count). The van der Waals surface area contributed by atoms with Gasteiger partial charge in [-0.3, -0.25) is 4.99 Å². The van der Waals surface area contributed by atoms with Gasteiger partial charge in [-0.25, -0.2) is 0 Å². The van der Waals surface area contributed by atoms with E-state index in [2.05, 4.69) is 121 Å². The molecule has 6 aromatic rings. The number of hydrogen-bond donors (Lipinski definition) is 0. The fraction of sp³-hybridized carbons (Fsp3) is 0.154. The number of aryl methyl sites for hydroxylation is 1. The molecule has 1 nitrogen and oxygen atoms in total. The van der Waals surface area contributed by atoms with Gasteiger partial charge in [-0.05, 0) is 102 Å². The zero-order valence-corrected chi connectivity index (χ0v) is 24.4. The Bertz CT molecular complexity index is 2010. The highest BCUT2D eigenvalue weighted by Gasteiger charge is 2.23. The Labute approximate surface area is 237 Å². The third kappa shape index (κ3) is 4.52. The summed E-state index contributed by atoms with van der Waals surface area (Å²) in [6.07, 6.45) is 6.27. The third-order valence-corrected chi connectivity index (χ3v) is 7.50. The Morgan fingerprint density at radius 3 is 1.93 bits per heavy atom. The van der Waals surface area contributed by atoms with E-state index in [1.165, 1.54) is 76.1 Å². The molecule has 0 radical (unpaired) electrons. The first-order valence-corrected chi connectivity index (χ1v) is 14.4. The molecule has 0 aliphatic heterocycles. The Kier molecular flexibility index (Phi) is 7.94. The second-order valence-corrected chi connectivity index (χ2v) is 9.65. The van der Waals surface area contributed by atoms with Gasteiger partial charge < -0.3 is 0 Å². The fourth-order valence-corrected chi connectivity index (χ4v) is 5.88. The fourth-order valence-electron chi connectivity index (χ4n) is 5.88. The van der Waals surface area contributed by atoms with Crippen LogP contribution < -0.4 is 10.4 Å². The lowest BCUT2D eigenvalue weighted by atomic mass is 9.90. The van der Waals surface area contributed by atoms with Gasteiger partial charge in [0, 0.05) is 13.3 Å². The van der Waals surface area contributed by atoms with Gasteiger partial charge in [0.25, 0.3) is 0 Å². The molecule has 0 fully saturated rings. The maximum absolute atomic E-state index is 4.16. The smallest absolute Gasteiger partial charge is 0.0277 e. The number of benzene rings is 6. The van der Waals surface area contributed by atoms with Gasteiger partial charge in [0.15, 0.2) is 0 Å². The molecule has 0 aromatic heterocycles. The topological polar surface area (TPSA) is 12.4 Å². The monoisotopic (exact) mass is 519 g/mol. The van der Waals surface area contributed by atoms with Crippen LogP contribution in [0.1, 0.15) is 38.8 Å². The van der Waals surface area contributed by atoms with E-state index >= 15 is 0 Å². The summed E-state index contributed by atoms with van der Waals surface area (Å²) in [6, 6.07) is 35.8. The molecule has 0 amide bonds. The van der Waals surface area contributed by atoms with Crippen LogP contribution in [0.2, 0.25) is 0 Å². The van der Waals surface area contributed by atoms with Crippen LogP contribution in [0.4, 0.5) is 0 Å². The Hall–Kier alpha value is -4.49. The van der Waals surface area contributed by atoms with Crippen LogP contribution in [0.15, 0.2) is 102 Å². The van der Waals surface area contributed by atoms with E-state index < -0.39 is 0 Å². The Morgan fingerprint density at radius 2 is 1.18 bits per heavy atom. The Balaban J connectivity index is 0.000000774.